The second-order valence-corrected chi connectivity index (χ2v) is 6.80. The largest absolute Gasteiger partial charge is 0.349 e. The Bertz CT molecular complexity index is 718. The van der Waals surface area contributed by atoms with Gasteiger partial charge in [0.2, 0.25) is 11.8 Å². The molecule has 1 atom stereocenters. The third-order valence-electron chi connectivity index (χ3n) is 3.89. The summed E-state index contributed by atoms with van der Waals surface area (Å²) in [5.74, 6) is -0.440. The van der Waals surface area contributed by atoms with Crippen molar-refractivity contribution >= 4 is 23.2 Å². The van der Waals surface area contributed by atoms with Gasteiger partial charge in [-0.1, -0.05) is 24.3 Å². The van der Waals surface area contributed by atoms with E-state index in [4.69, 9.17) is 0 Å². The molecule has 0 spiro atoms. The molecule has 8 heteroatoms. The molecule has 0 bridgehead atoms. The molecule has 0 saturated carbocycles. The van der Waals surface area contributed by atoms with E-state index in [1.165, 1.54) is 11.3 Å². The van der Waals surface area contributed by atoms with E-state index < -0.39 is 0 Å². The highest BCUT2D eigenvalue weighted by molar-refractivity contribution is 7.11. The molecule has 3 heterocycles. The number of rotatable bonds is 6. The van der Waals surface area contributed by atoms with Crippen LogP contribution in [0.2, 0.25) is 0 Å². The van der Waals surface area contributed by atoms with E-state index in [1.54, 1.807) is 11.1 Å². The minimum Gasteiger partial charge on any atom is -0.349 e. The normalized spacial score (nSPS) is 17.3. The van der Waals surface area contributed by atoms with Gasteiger partial charge < -0.3 is 10.2 Å². The summed E-state index contributed by atoms with van der Waals surface area (Å²) in [7, 11) is 0. The second kappa shape index (κ2) is 7.48. The number of hydrogen-bond donors (Lipinski definition) is 1. The zero-order valence-corrected chi connectivity index (χ0v) is 14.3. The minimum atomic E-state index is -0.320. The first-order valence-corrected chi connectivity index (χ1v) is 8.74. The van der Waals surface area contributed by atoms with Gasteiger partial charge in [-0.05, 0) is 18.6 Å². The summed E-state index contributed by atoms with van der Waals surface area (Å²) in [4.78, 5) is 30.3. The Labute approximate surface area is 144 Å². The Morgan fingerprint density at radius 3 is 2.92 bits per heavy atom. The van der Waals surface area contributed by atoms with Crippen molar-refractivity contribution in [1.29, 1.82) is 0 Å². The molecule has 0 aromatic carbocycles. The van der Waals surface area contributed by atoms with Gasteiger partial charge in [-0.15, -0.1) is 10.2 Å². The molecule has 7 nitrogen and oxygen atoms in total. The van der Waals surface area contributed by atoms with Crippen molar-refractivity contribution in [1.82, 2.24) is 25.4 Å². The third-order valence-corrected chi connectivity index (χ3v) is 4.96. The Morgan fingerprint density at radius 1 is 1.38 bits per heavy atom. The van der Waals surface area contributed by atoms with Gasteiger partial charge in [0.15, 0.2) is 0 Å². The fourth-order valence-electron chi connectivity index (χ4n) is 2.60. The van der Waals surface area contributed by atoms with Crippen LogP contribution in [-0.4, -0.2) is 38.4 Å². The molecule has 24 heavy (non-hydrogen) atoms. The number of hydrogen-bond acceptors (Lipinski definition) is 6. The molecule has 3 rings (SSSR count). The van der Waals surface area contributed by atoms with Crippen LogP contribution in [0.4, 0.5) is 0 Å². The fourth-order valence-corrected chi connectivity index (χ4v) is 3.32. The molecule has 2 aromatic heterocycles. The third kappa shape index (κ3) is 3.94. The monoisotopic (exact) mass is 345 g/mol. The number of carbonyl (C=O) groups excluding carboxylic acids is 2. The van der Waals surface area contributed by atoms with Crippen LogP contribution in [0.25, 0.3) is 0 Å². The van der Waals surface area contributed by atoms with Crippen LogP contribution in [0, 0.1) is 5.92 Å². The molecule has 1 aliphatic heterocycles. The molecule has 2 amide bonds. The fraction of sp³-hybridized carbons (Fsp3) is 0.438. The summed E-state index contributed by atoms with van der Waals surface area (Å²) >= 11 is 1.50. The number of carbonyl (C=O) groups is 2. The van der Waals surface area contributed by atoms with Crippen LogP contribution < -0.4 is 5.32 Å². The highest BCUT2D eigenvalue weighted by Crippen LogP contribution is 2.20. The Morgan fingerprint density at radius 2 is 2.21 bits per heavy atom. The number of aryl methyl sites for hydroxylation is 1. The van der Waals surface area contributed by atoms with E-state index >= 15 is 0 Å². The zero-order chi connectivity index (χ0) is 16.9. The minimum absolute atomic E-state index is 0.00927. The Kier molecular flexibility index (Phi) is 5.14. The van der Waals surface area contributed by atoms with E-state index in [-0.39, 0.29) is 24.2 Å². The molecule has 1 fully saturated rings. The first-order chi connectivity index (χ1) is 11.7. The molecule has 1 N–H and O–H groups in total. The number of nitrogens with zero attached hydrogens (tertiary/aromatic N) is 4. The number of pyridine rings is 1. The smallest absolute Gasteiger partial charge is 0.225 e. The van der Waals surface area contributed by atoms with Crippen molar-refractivity contribution in [3.63, 3.8) is 0 Å². The molecule has 1 unspecified atom stereocenters. The van der Waals surface area contributed by atoms with Crippen molar-refractivity contribution in [3.05, 3.63) is 40.1 Å². The van der Waals surface area contributed by atoms with Crippen LogP contribution in [0.3, 0.4) is 0 Å². The molecule has 0 aliphatic carbocycles. The number of aromatic nitrogens is 3. The SMILES string of the molecule is CCc1nnc(CNC(=O)C2CC(=O)N(Cc3ccccn3)C2)s1. The van der Waals surface area contributed by atoms with Crippen molar-refractivity contribution in [2.45, 2.75) is 32.9 Å². The molecule has 0 radical (unpaired) electrons. The van der Waals surface area contributed by atoms with Gasteiger partial charge in [0.25, 0.3) is 0 Å². The predicted octanol–water partition coefficient (Wildman–Crippen LogP) is 1.16. The number of likely N-dealkylation sites (tertiary alicyclic amines) is 1. The van der Waals surface area contributed by atoms with Crippen LogP contribution in [0.15, 0.2) is 24.4 Å². The maximum atomic E-state index is 12.3. The first kappa shape index (κ1) is 16.5. The van der Waals surface area contributed by atoms with Gasteiger partial charge in [0.1, 0.15) is 10.0 Å². The maximum Gasteiger partial charge on any atom is 0.225 e. The summed E-state index contributed by atoms with van der Waals surface area (Å²) in [5.41, 5.74) is 0.827. The van der Waals surface area contributed by atoms with Gasteiger partial charge in [-0.3, -0.25) is 14.6 Å². The predicted molar refractivity (Wildman–Crippen MR) is 88.9 cm³/mol. The van der Waals surface area contributed by atoms with Gasteiger partial charge >= 0.3 is 0 Å². The van der Waals surface area contributed by atoms with Crippen LogP contribution in [0.5, 0.6) is 0 Å². The average molecular weight is 345 g/mol. The molecular weight excluding hydrogens is 326 g/mol. The molecule has 126 valence electrons. The summed E-state index contributed by atoms with van der Waals surface area (Å²) in [6.07, 6.45) is 2.78. The summed E-state index contributed by atoms with van der Waals surface area (Å²) in [6.45, 7) is 3.25. The van der Waals surface area contributed by atoms with Crippen molar-refractivity contribution < 1.29 is 9.59 Å². The lowest BCUT2D eigenvalue weighted by molar-refractivity contribution is -0.129. The Hall–Kier alpha value is -2.35. The van der Waals surface area contributed by atoms with E-state index in [2.05, 4.69) is 20.5 Å². The highest BCUT2D eigenvalue weighted by Gasteiger charge is 2.34. The van der Waals surface area contributed by atoms with Gasteiger partial charge in [0, 0.05) is 19.2 Å². The maximum absolute atomic E-state index is 12.3. The van der Waals surface area contributed by atoms with E-state index in [1.807, 2.05) is 25.1 Å². The summed E-state index contributed by atoms with van der Waals surface area (Å²) in [5, 5.41) is 12.7. The van der Waals surface area contributed by atoms with Crippen LogP contribution in [0.1, 0.15) is 29.1 Å². The van der Waals surface area contributed by atoms with E-state index in [0.29, 0.717) is 19.6 Å². The van der Waals surface area contributed by atoms with Crippen molar-refractivity contribution in [3.8, 4) is 0 Å². The summed E-state index contributed by atoms with van der Waals surface area (Å²) < 4.78 is 0. The van der Waals surface area contributed by atoms with Crippen LogP contribution in [-0.2, 0) is 29.1 Å². The van der Waals surface area contributed by atoms with Crippen LogP contribution >= 0.6 is 11.3 Å². The summed E-state index contributed by atoms with van der Waals surface area (Å²) in [6, 6.07) is 5.60. The van der Waals surface area contributed by atoms with Gasteiger partial charge in [-0.2, -0.15) is 0 Å². The standard InChI is InChI=1S/C16H19N5O2S/c1-2-13-19-20-14(24-13)8-18-16(23)11-7-15(22)21(9-11)10-12-5-3-4-6-17-12/h3-6,11H,2,7-10H2,1H3,(H,18,23). The number of amides is 2. The lowest BCUT2D eigenvalue weighted by Crippen LogP contribution is -2.32. The Balaban J connectivity index is 1.52. The van der Waals surface area contributed by atoms with Crippen molar-refractivity contribution in [2.24, 2.45) is 5.92 Å². The molecule has 1 saturated heterocycles. The first-order valence-electron chi connectivity index (χ1n) is 7.92. The molecule has 1 aliphatic rings. The second-order valence-electron chi connectivity index (χ2n) is 5.66. The highest BCUT2D eigenvalue weighted by atomic mass is 32.1. The molecule has 2 aromatic rings. The quantitative estimate of drug-likeness (QED) is 0.849. The number of nitrogens with one attached hydrogen (secondary N) is 1. The van der Waals surface area contributed by atoms with Crippen molar-refractivity contribution in [2.75, 3.05) is 6.54 Å². The van der Waals surface area contributed by atoms with Gasteiger partial charge in [0.05, 0.1) is 24.7 Å². The molecular formula is C16H19N5O2S. The van der Waals surface area contributed by atoms with E-state index in [9.17, 15) is 9.59 Å². The lowest BCUT2D eigenvalue weighted by Gasteiger charge is -2.15. The van der Waals surface area contributed by atoms with Gasteiger partial charge in [-0.25, -0.2) is 0 Å². The lowest BCUT2D eigenvalue weighted by atomic mass is 10.1. The zero-order valence-electron chi connectivity index (χ0n) is 13.4. The van der Waals surface area contributed by atoms with E-state index in [0.717, 1.165) is 22.1 Å². The average Bonchev–Trinajstić information content (AvgIpc) is 3.21. The topological polar surface area (TPSA) is 88.1 Å².